The minimum absolute atomic E-state index is 0.129. The number of thiophene rings is 1. The molecule has 2 aromatic carbocycles. The van der Waals surface area contributed by atoms with Gasteiger partial charge in [-0.15, -0.1) is 17.9 Å². The fourth-order valence-corrected chi connectivity index (χ4v) is 4.65. The molecular formula is C30H35N3O6S. The molecule has 3 aromatic rings. The van der Waals surface area contributed by atoms with Crippen molar-refractivity contribution in [2.75, 3.05) is 45.8 Å². The first-order valence-electron chi connectivity index (χ1n) is 12.8. The minimum Gasteiger partial charge on any atom is -0.493 e. The average Bonchev–Trinajstić information content (AvgIpc) is 3.48. The van der Waals surface area contributed by atoms with E-state index < -0.39 is 12.0 Å². The van der Waals surface area contributed by atoms with E-state index >= 15 is 0 Å². The quantitative estimate of drug-likeness (QED) is 0.212. The summed E-state index contributed by atoms with van der Waals surface area (Å²) in [6, 6.07) is 15.5. The lowest BCUT2D eigenvalue weighted by Gasteiger charge is -2.27. The smallest absolute Gasteiger partial charge is 0.338 e. The minimum atomic E-state index is -0.451. The van der Waals surface area contributed by atoms with E-state index in [1.54, 1.807) is 67.7 Å². The lowest BCUT2D eigenvalue weighted by molar-refractivity contribution is -0.132. The molecule has 0 atom stereocenters. The molecular weight excluding hydrogens is 530 g/mol. The molecule has 3 amide bonds. The Labute approximate surface area is 239 Å². The summed E-state index contributed by atoms with van der Waals surface area (Å²) in [5, 5.41) is 4.76. The molecule has 1 N–H and O–H groups in total. The molecule has 212 valence electrons. The highest BCUT2D eigenvalue weighted by Crippen LogP contribution is 2.28. The van der Waals surface area contributed by atoms with Crippen LogP contribution >= 0.6 is 11.3 Å². The van der Waals surface area contributed by atoms with E-state index in [9.17, 15) is 14.4 Å². The number of nitrogens with one attached hydrogen (secondary N) is 1. The number of benzene rings is 2. The molecule has 0 saturated heterocycles. The zero-order valence-corrected chi connectivity index (χ0v) is 23.9. The van der Waals surface area contributed by atoms with Crippen molar-refractivity contribution in [1.82, 2.24) is 9.80 Å². The number of nitrogens with zero attached hydrogens (tertiary/aromatic N) is 2. The van der Waals surface area contributed by atoms with Crippen LogP contribution < -0.4 is 14.8 Å². The maximum Gasteiger partial charge on any atom is 0.338 e. The summed E-state index contributed by atoms with van der Waals surface area (Å²) in [5.74, 6) is 0.640. The predicted molar refractivity (Wildman–Crippen MR) is 156 cm³/mol. The van der Waals surface area contributed by atoms with Crippen LogP contribution in [0.3, 0.4) is 0 Å². The topological polar surface area (TPSA) is 97.4 Å². The molecule has 9 nitrogen and oxygen atoms in total. The lowest BCUT2D eigenvalue weighted by atomic mass is 10.1. The van der Waals surface area contributed by atoms with Gasteiger partial charge in [-0.25, -0.2) is 9.59 Å². The summed E-state index contributed by atoms with van der Waals surface area (Å²) in [5.41, 5.74) is 1.87. The van der Waals surface area contributed by atoms with Gasteiger partial charge in [-0.05, 0) is 66.8 Å². The van der Waals surface area contributed by atoms with Crippen molar-refractivity contribution in [2.45, 2.75) is 19.9 Å². The summed E-state index contributed by atoms with van der Waals surface area (Å²) >= 11 is 1.57. The average molecular weight is 566 g/mol. The molecule has 1 aromatic heterocycles. The van der Waals surface area contributed by atoms with Gasteiger partial charge in [-0.1, -0.05) is 18.2 Å². The van der Waals surface area contributed by atoms with Gasteiger partial charge in [0.1, 0.15) is 6.54 Å². The van der Waals surface area contributed by atoms with Gasteiger partial charge in [0.25, 0.3) is 0 Å². The zero-order valence-electron chi connectivity index (χ0n) is 23.1. The third-order valence-electron chi connectivity index (χ3n) is 6.01. The number of hydrogen-bond acceptors (Lipinski definition) is 7. The second-order valence-corrected chi connectivity index (χ2v) is 9.76. The van der Waals surface area contributed by atoms with Gasteiger partial charge >= 0.3 is 12.0 Å². The fraction of sp³-hybridized carbons (Fsp3) is 0.300. The zero-order chi connectivity index (χ0) is 28.9. The third-order valence-corrected chi connectivity index (χ3v) is 6.87. The molecule has 0 aliphatic carbocycles. The van der Waals surface area contributed by atoms with Crippen molar-refractivity contribution in [3.05, 3.63) is 88.6 Å². The van der Waals surface area contributed by atoms with Crippen molar-refractivity contribution >= 4 is 34.9 Å². The molecule has 1 heterocycles. The van der Waals surface area contributed by atoms with Gasteiger partial charge in [0.05, 0.1) is 32.9 Å². The summed E-state index contributed by atoms with van der Waals surface area (Å²) in [4.78, 5) is 42.7. The summed E-state index contributed by atoms with van der Waals surface area (Å²) in [6.07, 6.45) is 2.17. The van der Waals surface area contributed by atoms with E-state index in [1.165, 1.54) is 4.90 Å². The number of methoxy groups -OCH3 is 2. The molecule has 3 rings (SSSR count). The van der Waals surface area contributed by atoms with E-state index in [4.69, 9.17) is 14.2 Å². The normalized spacial score (nSPS) is 10.4. The standard InChI is InChI=1S/C30H35N3O6S/c1-5-16-33(30(36)31-24-12-10-23(11-13-24)29(35)39-6-2)21-28(34)32(20-25-8-7-18-40-25)17-15-22-9-14-26(37-3)27(19-22)38-4/h5,7-14,18-19H,1,6,15-17,20-21H2,2-4H3,(H,31,36). The Morgan fingerprint density at radius 3 is 2.38 bits per heavy atom. The van der Waals surface area contributed by atoms with Crippen LogP contribution in [-0.4, -0.2) is 68.2 Å². The Morgan fingerprint density at radius 1 is 1.00 bits per heavy atom. The number of carbonyl (C=O) groups is 3. The molecule has 40 heavy (non-hydrogen) atoms. The number of rotatable bonds is 14. The third kappa shape index (κ3) is 8.60. The summed E-state index contributed by atoms with van der Waals surface area (Å²) < 4.78 is 15.7. The first-order chi connectivity index (χ1) is 19.4. The van der Waals surface area contributed by atoms with Gasteiger partial charge in [0.2, 0.25) is 5.91 Å². The molecule has 0 radical (unpaired) electrons. The summed E-state index contributed by atoms with van der Waals surface area (Å²) in [7, 11) is 3.17. The monoisotopic (exact) mass is 565 g/mol. The predicted octanol–water partition coefficient (Wildman–Crippen LogP) is 5.23. The van der Waals surface area contributed by atoms with Crippen molar-refractivity contribution in [3.8, 4) is 11.5 Å². The molecule has 0 fully saturated rings. The lowest BCUT2D eigenvalue weighted by Crippen LogP contribution is -2.44. The van der Waals surface area contributed by atoms with E-state index in [-0.39, 0.29) is 25.6 Å². The van der Waals surface area contributed by atoms with E-state index in [1.807, 2.05) is 35.7 Å². The first kappa shape index (κ1) is 30.2. The maximum absolute atomic E-state index is 13.5. The number of urea groups is 1. The highest BCUT2D eigenvalue weighted by Gasteiger charge is 2.22. The number of hydrogen-bond donors (Lipinski definition) is 1. The molecule has 0 saturated carbocycles. The number of ether oxygens (including phenoxy) is 3. The van der Waals surface area contributed by atoms with Crippen LogP contribution in [0, 0.1) is 0 Å². The van der Waals surface area contributed by atoms with Gasteiger partial charge in [0.15, 0.2) is 11.5 Å². The Morgan fingerprint density at radius 2 is 1.75 bits per heavy atom. The number of amides is 3. The Kier molecular flexibility index (Phi) is 11.6. The van der Waals surface area contributed by atoms with Crippen LogP contribution in [0.4, 0.5) is 10.5 Å². The van der Waals surface area contributed by atoms with Crippen LogP contribution in [0.5, 0.6) is 11.5 Å². The van der Waals surface area contributed by atoms with Crippen LogP contribution in [0.2, 0.25) is 0 Å². The van der Waals surface area contributed by atoms with E-state index in [0.29, 0.717) is 42.3 Å². The Hall–Kier alpha value is -4.31. The number of carbonyl (C=O) groups excluding carboxylic acids is 3. The molecule has 0 unspecified atom stereocenters. The van der Waals surface area contributed by atoms with E-state index in [2.05, 4.69) is 11.9 Å². The first-order valence-corrected chi connectivity index (χ1v) is 13.7. The van der Waals surface area contributed by atoms with Gasteiger partial charge in [-0.3, -0.25) is 4.79 Å². The highest BCUT2D eigenvalue weighted by atomic mass is 32.1. The molecule has 0 aliphatic rings. The van der Waals surface area contributed by atoms with Crippen molar-refractivity contribution in [3.63, 3.8) is 0 Å². The number of anilines is 1. The Balaban J connectivity index is 1.70. The van der Waals surface area contributed by atoms with Crippen molar-refractivity contribution in [2.24, 2.45) is 0 Å². The molecule has 0 bridgehead atoms. The van der Waals surface area contributed by atoms with Crippen molar-refractivity contribution < 1.29 is 28.6 Å². The maximum atomic E-state index is 13.5. The SMILES string of the molecule is C=CCN(CC(=O)N(CCc1ccc(OC)c(OC)c1)Cc1cccs1)C(=O)Nc1ccc(C(=O)OCC)cc1. The van der Waals surface area contributed by atoms with Gasteiger partial charge < -0.3 is 29.3 Å². The second kappa shape index (κ2) is 15.3. The van der Waals surface area contributed by atoms with Gasteiger partial charge in [0, 0.05) is 23.7 Å². The molecule has 0 spiro atoms. The number of esters is 1. The van der Waals surface area contributed by atoms with Crippen LogP contribution in [0.15, 0.2) is 72.6 Å². The van der Waals surface area contributed by atoms with Gasteiger partial charge in [-0.2, -0.15) is 0 Å². The van der Waals surface area contributed by atoms with E-state index in [0.717, 1.165) is 10.4 Å². The van der Waals surface area contributed by atoms with Crippen LogP contribution in [0.25, 0.3) is 0 Å². The van der Waals surface area contributed by atoms with Crippen LogP contribution in [-0.2, 0) is 22.5 Å². The Bertz CT molecular complexity index is 1280. The fourth-order valence-electron chi connectivity index (χ4n) is 3.93. The van der Waals surface area contributed by atoms with Crippen LogP contribution in [0.1, 0.15) is 27.7 Å². The highest BCUT2D eigenvalue weighted by molar-refractivity contribution is 7.09. The largest absolute Gasteiger partial charge is 0.493 e. The molecule has 10 heteroatoms. The summed E-state index contributed by atoms with van der Waals surface area (Å²) in [6.45, 7) is 6.69. The van der Waals surface area contributed by atoms with Crippen molar-refractivity contribution in [1.29, 1.82) is 0 Å². The second-order valence-electron chi connectivity index (χ2n) is 8.73. The molecule has 0 aliphatic heterocycles.